The van der Waals surface area contributed by atoms with Gasteiger partial charge in [-0.3, -0.25) is 0 Å². The molecule has 4 heterocycles. The topological polar surface area (TPSA) is 77.3 Å². The average Bonchev–Trinajstić information content (AvgIpc) is 3.69. The fourth-order valence-corrected chi connectivity index (χ4v) is 8.77. The van der Waals surface area contributed by atoms with E-state index in [1.54, 1.807) is 17.7 Å². The van der Waals surface area contributed by atoms with E-state index in [1.165, 1.54) is 5.56 Å². The second-order valence-electron chi connectivity index (χ2n) is 14.4. The van der Waals surface area contributed by atoms with Crippen LogP contribution in [-0.4, -0.2) is 29.9 Å². The summed E-state index contributed by atoms with van der Waals surface area (Å²) in [7, 11) is 0. The smallest absolute Gasteiger partial charge is 0.164 e. The second kappa shape index (κ2) is 14.6. The highest BCUT2D eigenvalue weighted by Crippen LogP contribution is 2.39. The van der Waals surface area contributed by atoms with Gasteiger partial charge in [-0.15, -0.1) is 11.3 Å². The molecule has 0 spiro atoms. The van der Waals surface area contributed by atoms with Crippen molar-refractivity contribution in [1.29, 1.82) is 0 Å². The maximum absolute atomic E-state index is 5.03. The molecule has 0 radical (unpaired) electrons. The van der Waals surface area contributed by atoms with E-state index in [2.05, 4.69) is 140 Å². The van der Waals surface area contributed by atoms with Gasteiger partial charge in [-0.25, -0.2) is 29.9 Å². The average molecular weight is 773 g/mol. The molecule has 0 saturated heterocycles. The summed E-state index contributed by atoms with van der Waals surface area (Å²) >= 11 is 1.65. The summed E-state index contributed by atoms with van der Waals surface area (Å²) < 4.78 is 1.04. The molecule has 0 atom stereocenters. The standard InChI is InChI=1S/C52H32N6S/c1-3-11-33(12-4-1)34-25-27-38(28-26-34)50-56-49(37-13-5-2-6-14-37)57-51(58-50)43-19-10-17-40(30-43)36-23-21-35(22-24-36)39-16-9-18-42(29-39)46-48-47(54-32-53-46)44-31-41-15-7-8-20-45(41)55-52(44)59-48/h1-32H. The van der Waals surface area contributed by atoms with E-state index in [1.807, 2.05) is 48.5 Å². The van der Waals surface area contributed by atoms with Gasteiger partial charge in [-0.1, -0.05) is 164 Å². The molecule has 7 aromatic carbocycles. The Bertz CT molecular complexity index is 3310. The molecular formula is C52H32N6S. The molecule has 11 rings (SSSR count). The number of aromatic nitrogens is 6. The van der Waals surface area contributed by atoms with Crippen LogP contribution in [0, 0.1) is 0 Å². The van der Waals surface area contributed by atoms with Crippen molar-refractivity contribution in [2.45, 2.75) is 0 Å². The van der Waals surface area contributed by atoms with E-state index in [0.717, 1.165) is 87.1 Å². The van der Waals surface area contributed by atoms with Gasteiger partial charge in [-0.2, -0.15) is 0 Å². The van der Waals surface area contributed by atoms with Crippen LogP contribution in [-0.2, 0) is 0 Å². The number of hydrogen-bond acceptors (Lipinski definition) is 7. The van der Waals surface area contributed by atoms with Crippen molar-refractivity contribution >= 4 is 42.7 Å². The molecule has 0 N–H and O–H groups in total. The Morgan fingerprint density at radius 2 is 0.814 bits per heavy atom. The Labute approximate surface area is 344 Å². The van der Waals surface area contributed by atoms with Crippen LogP contribution in [0.5, 0.6) is 0 Å². The molecule has 4 aromatic heterocycles. The quantitative estimate of drug-likeness (QED) is 0.161. The van der Waals surface area contributed by atoms with Gasteiger partial charge in [0.05, 0.1) is 21.4 Å². The molecule has 0 amide bonds. The number of hydrogen-bond donors (Lipinski definition) is 0. The van der Waals surface area contributed by atoms with E-state index >= 15 is 0 Å². The van der Waals surface area contributed by atoms with Crippen molar-refractivity contribution in [3.8, 4) is 78.8 Å². The molecule has 0 saturated carbocycles. The predicted octanol–water partition coefficient (Wildman–Crippen LogP) is 13.2. The Balaban J connectivity index is 0.910. The number of benzene rings is 7. The highest BCUT2D eigenvalue weighted by molar-refractivity contribution is 7.25. The first-order chi connectivity index (χ1) is 29.2. The first kappa shape index (κ1) is 34.5. The van der Waals surface area contributed by atoms with Crippen LogP contribution in [0.1, 0.15) is 0 Å². The van der Waals surface area contributed by atoms with Crippen LogP contribution in [0.4, 0.5) is 0 Å². The summed E-state index contributed by atoms with van der Waals surface area (Å²) in [6, 6.07) is 65.0. The number of thiophene rings is 1. The zero-order valence-corrected chi connectivity index (χ0v) is 32.4. The summed E-state index contributed by atoms with van der Waals surface area (Å²) in [5.74, 6) is 1.89. The molecule has 11 aromatic rings. The van der Waals surface area contributed by atoms with Crippen molar-refractivity contribution < 1.29 is 0 Å². The van der Waals surface area contributed by atoms with E-state index in [9.17, 15) is 0 Å². The molecule has 0 aliphatic rings. The van der Waals surface area contributed by atoms with Crippen molar-refractivity contribution in [3.05, 3.63) is 194 Å². The maximum atomic E-state index is 5.03. The second-order valence-corrected chi connectivity index (χ2v) is 15.4. The molecule has 0 unspecified atom stereocenters. The first-order valence-electron chi connectivity index (χ1n) is 19.4. The van der Waals surface area contributed by atoms with Crippen molar-refractivity contribution in [1.82, 2.24) is 29.9 Å². The van der Waals surface area contributed by atoms with E-state index in [4.69, 9.17) is 29.9 Å². The number of nitrogens with zero attached hydrogens (tertiary/aromatic N) is 6. The first-order valence-corrected chi connectivity index (χ1v) is 20.2. The molecule has 7 heteroatoms. The van der Waals surface area contributed by atoms with Gasteiger partial charge >= 0.3 is 0 Å². The van der Waals surface area contributed by atoms with Crippen LogP contribution in [0.25, 0.3) is 110 Å². The van der Waals surface area contributed by atoms with Gasteiger partial charge in [0.15, 0.2) is 17.5 Å². The largest absolute Gasteiger partial charge is 0.237 e. The summed E-state index contributed by atoms with van der Waals surface area (Å²) in [6.07, 6.45) is 1.66. The minimum Gasteiger partial charge on any atom is -0.237 e. The van der Waals surface area contributed by atoms with Crippen LogP contribution in [0.3, 0.4) is 0 Å². The SMILES string of the molecule is c1ccc(-c2ccc(-c3nc(-c4ccccc4)nc(-c4cccc(-c5ccc(-c6cccc(-c7ncnc8c7sc7nc9ccccc9cc78)c6)cc5)c4)n3)cc2)cc1. The molecule has 0 bridgehead atoms. The van der Waals surface area contributed by atoms with Crippen molar-refractivity contribution in [2.75, 3.05) is 0 Å². The van der Waals surface area contributed by atoms with Gasteiger partial charge in [-0.05, 0) is 57.6 Å². The van der Waals surface area contributed by atoms with E-state index < -0.39 is 0 Å². The van der Waals surface area contributed by atoms with Crippen LogP contribution in [0.15, 0.2) is 194 Å². The summed E-state index contributed by atoms with van der Waals surface area (Å²) in [5, 5.41) is 2.17. The molecule has 276 valence electrons. The normalized spacial score (nSPS) is 11.4. The molecule has 0 fully saturated rings. The van der Waals surface area contributed by atoms with E-state index in [-0.39, 0.29) is 0 Å². The fourth-order valence-electron chi connectivity index (χ4n) is 7.64. The van der Waals surface area contributed by atoms with Crippen molar-refractivity contribution in [3.63, 3.8) is 0 Å². The minimum absolute atomic E-state index is 0.623. The van der Waals surface area contributed by atoms with Crippen LogP contribution < -0.4 is 0 Å². The Morgan fingerprint density at radius 3 is 1.49 bits per heavy atom. The lowest BCUT2D eigenvalue weighted by atomic mass is 9.97. The lowest BCUT2D eigenvalue weighted by Crippen LogP contribution is -2.00. The Hall–Kier alpha value is -7.74. The summed E-state index contributed by atoms with van der Waals surface area (Å²) in [6.45, 7) is 0. The molecule has 0 aliphatic heterocycles. The number of pyridine rings is 1. The van der Waals surface area contributed by atoms with E-state index in [0.29, 0.717) is 17.5 Å². The Kier molecular flexibility index (Phi) is 8.56. The van der Waals surface area contributed by atoms with Crippen LogP contribution >= 0.6 is 11.3 Å². The van der Waals surface area contributed by atoms with Gasteiger partial charge in [0, 0.05) is 33.0 Å². The lowest BCUT2D eigenvalue weighted by Gasteiger charge is -2.11. The summed E-state index contributed by atoms with van der Waals surface area (Å²) in [5.41, 5.74) is 13.4. The zero-order valence-electron chi connectivity index (χ0n) is 31.6. The third-order valence-electron chi connectivity index (χ3n) is 10.7. The number of rotatable bonds is 7. The molecule has 0 aliphatic carbocycles. The minimum atomic E-state index is 0.623. The monoisotopic (exact) mass is 772 g/mol. The third kappa shape index (κ3) is 6.59. The van der Waals surface area contributed by atoms with Crippen molar-refractivity contribution in [2.24, 2.45) is 0 Å². The zero-order chi connectivity index (χ0) is 39.1. The fraction of sp³-hybridized carbons (Fsp3) is 0. The van der Waals surface area contributed by atoms with Gasteiger partial charge < -0.3 is 0 Å². The van der Waals surface area contributed by atoms with Gasteiger partial charge in [0.25, 0.3) is 0 Å². The van der Waals surface area contributed by atoms with Gasteiger partial charge in [0.1, 0.15) is 11.2 Å². The number of fused-ring (bicyclic) bond motifs is 4. The Morgan fingerprint density at radius 1 is 0.339 bits per heavy atom. The number of para-hydroxylation sites is 1. The predicted molar refractivity (Wildman–Crippen MR) is 242 cm³/mol. The molecule has 59 heavy (non-hydrogen) atoms. The highest BCUT2D eigenvalue weighted by Gasteiger charge is 2.16. The lowest BCUT2D eigenvalue weighted by molar-refractivity contribution is 1.07. The molecule has 6 nitrogen and oxygen atoms in total. The van der Waals surface area contributed by atoms with Crippen LogP contribution in [0.2, 0.25) is 0 Å². The maximum Gasteiger partial charge on any atom is 0.164 e. The molecular weight excluding hydrogens is 741 g/mol. The highest BCUT2D eigenvalue weighted by atomic mass is 32.1. The summed E-state index contributed by atoms with van der Waals surface area (Å²) in [4.78, 5) is 30.4. The van der Waals surface area contributed by atoms with Gasteiger partial charge in [0.2, 0.25) is 0 Å². The third-order valence-corrected chi connectivity index (χ3v) is 11.8.